The molecule has 1 saturated carbocycles. The number of hydrogen-bond donors (Lipinski definition) is 1. The molecule has 34 heavy (non-hydrogen) atoms. The number of carbonyl (C=O) groups excluding carboxylic acids is 3. The summed E-state index contributed by atoms with van der Waals surface area (Å²) < 4.78 is 12.3. The highest BCUT2D eigenvalue weighted by Crippen LogP contribution is 2.34. The molecule has 0 radical (unpaired) electrons. The normalized spacial score (nSPS) is 27.7. The zero-order valence-electron chi connectivity index (χ0n) is 20.0. The molecule has 9 heteroatoms. The van der Waals surface area contributed by atoms with Gasteiger partial charge in [0.15, 0.2) is 0 Å². The van der Waals surface area contributed by atoms with Crippen molar-refractivity contribution in [2.75, 3.05) is 52.2 Å². The first-order valence-corrected chi connectivity index (χ1v) is 12.4. The molecule has 0 aromatic heterocycles. The molecule has 3 fully saturated rings. The Hall–Kier alpha value is -2.65. The first-order chi connectivity index (χ1) is 16.4. The van der Waals surface area contributed by atoms with E-state index in [-0.39, 0.29) is 41.9 Å². The highest BCUT2D eigenvalue weighted by molar-refractivity contribution is 6.00. The first-order valence-electron chi connectivity index (χ1n) is 12.4. The number of carbonyl (C=O) groups is 3. The summed E-state index contributed by atoms with van der Waals surface area (Å²) in [6, 6.07) is 5.09. The van der Waals surface area contributed by atoms with E-state index in [1.165, 1.54) is 0 Å². The Morgan fingerprint density at radius 2 is 1.82 bits per heavy atom. The third-order valence-corrected chi connectivity index (χ3v) is 7.49. The summed E-state index contributed by atoms with van der Waals surface area (Å²) in [4.78, 5) is 44.2. The van der Waals surface area contributed by atoms with Crippen LogP contribution in [0.5, 0.6) is 5.75 Å². The second-order valence-electron chi connectivity index (χ2n) is 10.0. The summed E-state index contributed by atoms with van der Waals surface area (Å²) in [7, 11) is 3.87. The fourth-order valence-corrected chi connectivity index (χ4v) is 5.07. The lowest BCUT2D eigenvalue weighted by atomic mass is 9.94. The molecular weight excluding hydrogens is 436 g/mol. The lowest BCUT2D eigenvalue weighted by Crippen LogP contribution is -2.54. The maximum atomic E-state index is 13.3. The molecule has 5 rings (SSSR count). The Morgan fingerprint density at radius 1 is 1.06 bits per heavy atom. The molecule has 9 nitrogen and oxygen atoms in total. The number of hydrogen-bond acceptors (Lipinski definition) is 6. The van der Waals surface area contributed by atoms with Crippen molar-refractivity contribution >= 4 is 23.4 Å². The number of ether oxygens (including phenoxy) is 2. The number of rotatable bonds is 4. The predicted molar refractivity (Wildman–Crippen MR) is 126 cm³/mol. The Bertz CT molecular complexity index is 957. The summed E-state index contributed by atoms with van der Waals surface area (Å²) in [5.41, 5.74) is 1.06. The third kappa shape index (κ3) is 4.90. The second kappa shape index (κ2) is 9.54. The molecule has 184 valence electrons. The molecule has 3 atom stereocenters. The molecule has 0 spiro atoms. The lowest BCUT2D eigenvalue weighted by Gasteiger charge is -2.42. The van der Waals surface area contributed by atoms with Gasteiger partial charge in [-0.2, -0.15) is 0 Å². The third-order valence-electron chi connectivity index (χ3n) is 7.49. The zero-order chi connectivity index (χ0) is 23.8. The van der Waals surface area contributed by atoms with Crippen LogP contribution < -0.4 is 10.1 Å². The molecule has 0 bridgehead atoms. The van der Waals surface area contributed by atoms with Crippen LogP contribution in [0.2, 0.25) is 0 Å². The van der Waals surface area contributed by atoms with Gasteiger partial charge in [0.1, 0.15) is 18.5 Å². The number of benzene rings is 1. The summed E-state index contributed by atoms with van der Waals surface area (Å²) in [5.74, 6) is 0.568. The van der Waals surface area contributed by atoms with Crippen LogP contribution in [0.1, 0.15) is 42.5 Å². The van der Waals surface area contributed by atoms with Gasteiger partial charge in [-0.25, -0.2) is 0 Å². The van der Waals surface area contributed by atoms with Crippen molar-refractivity contribution in [3.8, 4) is 5.75 Å². The summed E-state index contributed by atoms with van der Waals surface area (Å²) in [6.45, 7) is 3.62. The van der Waals surface area contributed by atoms with Gasteiger partial charge in [0, 0.05) is 44.8 Å². The lowest BCUT2D eigenvalue weighted by molar-refractivity contribution is -0.144. The van der Waals surface area contributed by atoms with E-state index in [2.05, 4.69) is 17.3 Å². The standard InChI is InChI=1S/C25H34N4O5/c1-27-9-11-29(12-10-27)23(30)14-18-6-7-20-22(34-18)15-33-21-8-5-17(26-24(31)16-3-4-16)13-19(21)25(32)28(20)2/h5,8,13,16,18,20,22H,3-4,6-7,9-12,14-15H2,1-2H3,(H,26,31)/t18-,20+,22+/m0/s1. The van der Waals surface area contributed by atoms with Crippen LogP contribution in [0.15, 0.2) is 18.2 Å². The van der Waals surface area contributed by atoms with Crippen LogP contribution in [-0.4, -0.2) is 97.6 Å². The molecule has 1 N–H and O–H groups in total. The van der Waals surface area contributed by atoms with Gasteiger partial charge in [-0.15, -0.1) is 0 Å². The highest BCUT2D eigenvalue weighted by atomic mass is 16.5. The number of fused-ring (bicyclic) bond motifs is 2. The largest absolute Gasteiger partial charge is 0.490 e. The average molecular weight is 471 g/mol. The fraction of sp³-hybridized carbons (Fsp3) is 0.640. The van der Waals surface area contributed by atoms with Crippen molar-refractivity contribution in [1.29, 1.82) is 0 Å². The van der Waals surface area contributed by atoms with Crippen LogP contribution in [0.25, 0.3) is 0 Å². The monoisotopic (exact) mass is 470 g/mol. The molecule has 1 aliphatic carbocycles. The van der Waals surface area contributed by atoms with E-state index in [4.69, 9.17) is 9.47 Å². The van der Waals surface area contributed by atoms with Crippen molar-refractivity contribution in [3.05, 3.63) is 23.8 Å². The van der Waals surface area contributed by atoms with Crippen LogP contribution >= 0.6 is 0 Å². The topological polar surface area (TPSA) is 91.4 Å². The van der Waals surface area contributed by atoms with E-state index >= 15 is 0 Å². The van der Waals surface area contributed by atoms with Crippen molar-refractivity contribution in [1.82, 2.24) is 14.7 Å². The van der Waals surface area contributed by atoms with Crippen LogP contribution in [0, 0.1) is 5.92 Å². The van der Waals surface area contributed by atoms with E-state index < -0.39 is 0 Å². The van der Waals surface area contributed by atoms with Gasteiger partial charge in [-0.1, -0.05) is 0 Å². The minimum absolute atomic E-state index is 0.00502. The van der Waals surface area contributed by atoms with E-state index in [9.17, 15) is 14.4 Å². The number of nitrogens with one attached hydrogen (secondary N) is 1. The summed E-state index contributed by atoms with van der Waals surface area (Å²) in [6.07, 6.45) is 3.23. The van der Waals surface area contributed by atoms with Crippen molar-refractivity contribution in [3.63, 3.8) is 0 Å². The van der Waals surface area contributed by atoms with Crippen LogP contribution in [0.4, 0.5) is 5.69 Å². The number of anilines is 1. The molecule has 3 aliphatic heterocycles. The van der Waals surface area contributed by atoms with Crippen LogP contribution in [0.3, 0.4) is 0 Å². The average Bonchev–Trinajstić information content (AvgIpc) is 3.68. The summed E-state index contributed by atoms with van der Waals surface area (Å²) >= 11 is 0. The van der Waals surface area contributed by atoms with Gasteiger partial charge >= 0.3 is 0 Å². The van der Waals surface area contributed by atoms with Crippen molar-refractivity contribution in [2.45, 2.75) is 50.4 Å². The zero-order valence-corrected chi connectivity index (χ0v) is 20.0. The van der Waals surface area contributed by atoms with Crippen LogP contribution in [-0.2, 0) is 14.3 Å². The molecule has 1 aromatic rings. The Balaban J connectivity index is 1.24. The van der Waals surface area contributed by atoms with Gasteiger partial charge in [0.2, 0.25) is 11.8 Å². The van der Waals surface area contributed by atoms with E-state index in [1.807, 2.05) is 4.90 Å². The fourth-order valence-electron chi connectivity index (χ4n) is 5.07. The van der Waals surface area contributed by atoms with Crippen molar-refractivity contribution in [2.24, 2.45) is 5.92 Å². The number of amides is 3. The maximum absolute atomic E-state index is 13.3. The smallest absolute Gasteiger partial charge is 0.257 e. The Labute approximate surface area is 200 Å². The summed E-state index contributed by atoms with van der Waals surface area (Å²) in [5, 5.41) is 2.91. The molecular formula is C25H34N4O5. The Morgan fingerprint density at radius 3 is 2.56 bits per heavy atom. The van der Waals surface area contributed by atoms with E-state index in [0.29, 0.717) is 30.0 Å². The second-order valence-corrected chi connectivity index (χ2v) is 10.0. The quantitative estimate of drug-likeness (QED) is 0.719. The van der Waals surface area contributed by atoms with Gasteiger partial charge in [0.05, 0.1) is 24.1 Å². The van der Waals surface area contributed by atoms with Crippen molar-refractivity contribution < 1.29 is 23.9 Å². The highest BCUT2D eigenvalue weighted by Gasteiger charge is 2.40. The van der Waals surface area contributed by atoms with Gasteiger partial charge < -0.3 is 29.5 Å². The minimum Gasteiger partial charge on any atom is -0.490 e. The first kappa shape index (κ1) is 23.1. The molecule has 3 heterocycles. The predicted octanol–water partition coefficient (Wildman–Crippen LogP) is 1.58. The van der Waals surface area contributed by atoms with E-state index in [0.717, 1.165) is 51.9 Å². The number of nitrogens with zero attached hydrogens (tertiary/aromatic N) is 3. The Kier molecular flexibility index (Phi) is 6.48. The molecule has 2 saturated heterocycles. The molecule has 4 aliphatic rings. The molecule has 0 unspecified atom stereocenters. The number of piperazine rings is 1. The van der Waals surface area contributed by atoms with Gasteiger partial charge in [-0.05, 0) is 50.9 Å². The molecule has 1 aromatic carbocycles. The SMILES string of the molecule is CN1CCN(C(=O)C[C@@H]2CC[C@@H]3[C@@H](COc4ccc(NC(=O)C5CC5)cc4C(=O)N3C)O2)CC1. The van der Waals surface area contributed by atoms with Gasteiger partial charge in [0.25, 0.3) is 5.91 Å². The molecule has 3 amide bonds. The van der Waals surface area contributed by atoms with Gasteiger partial charge in [-0.3, -0.25) is 14.4 Å². The number of likely N-dealkylation sites (N-methyl/N-ethyl adjacent to an activating group) is 2. The van der Waals surface area contributed by atoms with E-state index in [1.54, 1.807) is 30.1 Å². The minimum atomic E-state index is -0.296. The maximum Gasteiger partial charge on any atom is 0.257 e.